The van der Waals surface area contributed by atoms with Crippen molar-refractivity contribution in [2.45, 2.75) is 31.9 Å². The summed E-state index contributed by atoms with van der Waals surface area (Å²) >= 11 is 0.895. The highest BCUT2D eigenvalue weighted by atomic mass is 32.1. The number of aromatic carboxylic acids is 1. The summed E-state index contributed by atoms with van der Waals surface area (Å²) in [5.74, 6) is -5.22. The van der Waals surface area contributed by atoms with Crippen LogP contribution < -0.4 is 16.0 Å². The second kappa shape index (κ2) is 10.9. The minimum atomic E-state index is -1.75. The fourth-order valence-electron chi connectivity index (χ4n) is 3.61. The first-order chi connectivity index (χ1) is 16.2. The molecule has 34 heavy (non-hydrogen) atoms. The molecule has 0 bridgehead atoms. The van der Waals surface area contributed by atoms with E-state index in [4.69, 9.17) is 9.84 Å². The molecule has 2 atom stereocenters. The molecule has 1 unspecified atom stereocenters. The lowest BCUT2D eigenvalue weighted by Gasteiger charge is -2.25. The van der Waals surface area contributed by atoms with Gasteiger partial charge in [-0.3, -0.25) is 14.4 Å². The number of nitrogens with one attached hydrogen (secondary N) is 3. The van der Waals surface area contributed by atoms with E-state index >= 15 is 0 Å². The molecular formula is C22H23N3O8S. The standard InChI is InChI=1S/C22H23N3O8S/c1-11(26)24-14(9-12-5-3-2-4-6-12)18(27)23-10-15-17-13(7-8-33-15)16(21(29)30)20(34-17)25-19(28)22(31)32/h2-6,14-15H,7-10H2,1H3,(H,23,27)(H,24,26)(H,25,28)(H,29,30)(H,31,32)/t14-,15?/m1/s1. The summed E-state index contributed by atoms with van der Waals surface area (Å²) in [5.41, 5.74) is 1.09. The summed E-state index contributed by atoms with van der Waals surface area (Å²) in [6.45, 7) is 1.48. The van der Waals surface area contributed by atoms with E-state index in [1.807, 2.05) is 30.3 Å². The van der Waals surface area contributed by atoms with Crippen LogP contribution in [0.25, 0.3) is 0 Å². The molecule has 1 aliphatic rings. The Balaban J connectivity index is 1.77. The lowest BCUT2D eigenvalue weighted by Crippen LogP contribution is -2.48. The third-order valence-corrected chi connectivity index (χ3v) is 6.31. The number of thiophene rings is 1. The van der Waals surface area contributed by atoms with Gasteiger partial charge in [-0.05, 0) is 17.5 Å². The maximum Gasteiger partial charge on any atom is 0.394 e. The van der Waals surface area contributed by atoms with Crippen molar-refractivity contribution < 1.29 is 38.9 Å². The molecule has 0 saturated heterocycles. The van der Waals surface area contributed by atoms with Crippen LogP contribution in [0.15, 0.2) is 30.3 Å². The van der Waals surface area contributed by atoms with Gasteiger partial charge in [0.1, 0.15) is 17.1 Å². The van der Waals surface area contributed by atoms with Crippen LogP contribution in [0, 0.1) is 0 Å². The van der Waals surface area contributed by atoms with E-state index in [1.165, 1.54) is 6.92 Å². The van der Waals surface area contributed by atoms with Gasteiger partial charge in [0.2, 0.25) is 11.8 Å². The van der Waals surface area contributed by atoms with E-state index in [-0.39, 0.29) is 42.5 Å². The average Bonchev–Trinajstić information content (AvgIpc) is 3.16. The number of fused-ring (bicyclic) bond motifs is 1. The predicted molar refractivity (Wildman–Crippen MR) is 121 cm³/mol. The van der Waals surface area contributed by atoms with Crippen LogP contribution in [0.3, 0.4) is 0 Å². The zero-order valence-corrected chi connectivity index (χ0v) is 18.9. The molecule has 0 saturated carbocycles. The SMILES string of the molecule is CC(=O)N[C@H](Cc1ccccc1)C(=O)NCC1OCCc2c1sc(NC(=O)C(=O)O)c2C(=O)O. The number of carbonyl (C=O) groups is 5. The number of amides is 3. The largest absolute Gasteiger partial charge is 0.478 e. The van der Waals surface area contributed by atoms with Gasteiger partial charge in [0.25, 0.3) is 0 Å². The van der Waals surface area contributed by atoms with Crippen molar-refractivity contribution in [3.05, 3.63) is 51.9 Å². The summed E-state index contributed by atoms with van der Waals surface area (Å²) < 4.78 is 5.72. The molecule has 5 N–H and O–H groups in total. The van der Waals surface area contributed by atoms with Crippen molar-refractivity contribution in [1.29, 1.82) is 0 Å². The Morgan fingerprint density at radius 3 is 2.47 bits per heavy atom. The maximum atomic E-state index is 12.8. The molecule has 2 heterocycles. The second-order valence-electron chi connectivity index (χ2n) is 7.51. The molecule has 1 aromatic carbocycles. The van der Waals surface area contributed by atoms with Crippen LogP contribution >= 0.6 is 11.3 Å². The van der Waals surface area contributed by atoms with Gasteiger partial charge in [0.15, 0.2) is 0 Å². The Labute approximate surface area is 198 Å². The molecule has 3 rings (SSSR count). The molecule has 12 heteroatoms. The van der Waals surface area contributed by atoms with Crippen molar-refractivity contribution in [3.63, 3.8) is 0 Å². The molecule has 2 aromatic rings. The molecule has 0 radical (unpaired) electrons. The fourth-order valence-corrected chi connectivity index (χ4v) is 4.90. The van der Waals surface area contributed by atoms with Crippen molar-refractivity contribution >= 4 is 46.0 Å². The Kier molecular flexibility index (Phi) is 7.97. The summed E-state index contributed by atoms with van der Waals surface area (Å²) in [6.07, 6.45) is -0.180. The zero-order valence-electron chi connectivity index (χ0n) is 18.1. The molecule has 180 valence electrons. The third-order valence-electron chi connectivity index (χ3n) is 5.08. The Morgan fingerprint density at radius 1 is 1.15 bits per heavy atom. The van der Waals surface area contributed by atoms with Gasteiger partial charge in [0, 0.05) is 24.8 Å². The van der Waals surface area contributed by atoms with Gasteiger partial charge in [-0.2, -0.15) is 0 Å². The summed E-state index contributed by atoms with van der Waals surface area (Å²) in [4.78, 5) is 59.2. The Bertz CT molecular complexity index is 1110. The van der Waals surface area contributed by atoms with Crippen molar-refractivity contribution in [3.8, 4) is 0 Å². The van der Waals surface area contributed by atoms with E-state index in [1.54, 1.807) is 0 Å². The number of anilines is 1. The number of carboxylic acids is 2. The normalized spacial score (nSPS) is 15.5. The molecule has 0 spiro atoms. The van der Waals surface area contributed by atoms with Gasteiger partial charge in [0.05, 0.1) is 12.2 Å². The monoisotopic (exact) mass is 489 g/mol. The quantitative estimate of drug-likeness (QED) is 0.341. The van der Waals surface area contributed by atoms with Crippen molar-refractivity contribution in [2.75, 3.05) is 18.5 Å². The second-order valence-corrected chi connectivity index (χ2v) is 8.56. The van der Waals surface area contributed by atoms with Gasteiger partial charge in [-0.25, -0.2) is 9.59 Å². The minimum absolute atomic E-state index is 0.0113. The predicted octanol–water partition coefficient (Wildman–Crippen LogP) is 0.947. The number of ether oxygens (including phenoxy) is 1. The lowest BCUT2D eigenvalue weighted by atomic mass is 10.0. The molecule has 1 aliphatic heterocycles. The number of rotatable bonds is 8. The summed E-state index contributed by atoms with van der Waals surface area (Å²) in [6, 6.07) is 8.34. The van der Waals surface area contributed by atoms with E-state index < -0.39 is 35.9 Å². The fraction of sp³-hybridized carbons (Fsp3) is 0.318. The topological polar surface area (TPSA) is 171 Å². The Hall–Kier alpha value is -3.77. The zero-order chi connectivity index (χ0) is 24.8. The Morgan fingerprint density at radius 2 is 1.85 bits per heavy atom. The molecule has 0 aliphatic carbocycles. The highest BCUT2D eigenvalue weighted by Crippen LogP contribution is 2.41. The minimum Gasteiger partial charge on any atom is -0.478 e. The van der Waals surface area contributed by atoms with Crippen LogP contribution in [0.5, 0.6) is 0 Å². The first-order valence-electron chi connectivity index (χ1n) is 10.3. The molecule has 3 amide bonds. The first kappa shape index (κ1) is 24.9. The van der Waals surface area contributed by atoms with Gasteiger partial charge >= 0.3 is 17.8 Å². The highest BCUT2D eigenvalue weighted by molar-refractivity contribution is 7.17. The maximum absolute atomic E-state index is 12.8. The molecular weight excluding hydrogens is 466 g/mol. The molecule has 0 fully saturated rings. The lowest BCUT2D eigenvalue weighted by molar-refractivity contribution is -0.147. The smallest absolute Gasteiger partial charge is 0.394 e. The van der Waals surface area contributed by atoms with E-state index in [0.29, 0.717) is 10.4 Å². The highest BCUT2D eigenvalue weighted by Gasteiger charge is 2.33. The molecule has 1 aromatic heterocycles. The van der Waals surface area contributed by atoms with Crippen LogP contribution in [0.2, 0.25) is 0 Å². The van der Waals surface area contributed by atoms with E-state index in [0.717, 1.165) is 16.9 Å². The van der Waals surface area contributed by atoms with Gasteiger partial charge < -0.3 is 30.9 Å². The summed E-state index contributed by atoms with van der Waals surface area (Å²) in [7, 11) is 0. The number of carbonyl (C=O) groups excluding carboxylic acids is 3. The van der Waals surface area contributed by atoms with Gasteiger partial charge in [-0.15, -0.1) is 11.3 Å². The number of hydrogen-bond acceptors (Lipinski definition) is 7. The van der Waals surface area contributed by atoms with Crippen LogP contribution in [-0.2, 0) is 36.8 Å². The van der Waals surface area contributed by atoms with Crippen LogP contribution in [0.4, 0.5) is 5.00 Å². The van der Waals surface area contributed by atoms with Crippen molar-refractivity contribution in [1.82, 2.24) is 10.6 Å². The number of benzene rings is 1. The van der Waals surface area contributed by atoms with Crippen LogP contribution in [-0.4, -0.2) is 59.1 Å². The van der Waals surface area contributed by atoms with E-state index in [9.17, 15) is 29.1 Å². The molecule has 11 nitrogen and oxygen atoms in total. The van der Waals surface area contributed by atoms with Crippen molar-refractivity contribution in [2.24, 2.45) is 0 Å². The first-order valence-corrected chi connectivity index (χ1v) is 11.1. The average molecular weight is 490 g/mol. The van der Waals surface area contributed by atoms with Crippen LogP contribution in [0.1, 0.15) is 39.4 Å². The van der Waals surface area contributed by atoms with Gasteiger partial charge in [-0.1, -0.05) is 30.3 Å². The number of aliphatic carboxylic acids is 1. The summed E-state index contributed by atoms with van der Waals surface area (Å²) in [5, 5.41) is 25.8. The third kappa shape index (κ3) is 5.97. The number of hydrogen-bond donors (Lipinski definition) is 5. The number of carboxylic acid groups (broad SMARTS) is 2. The van der Waals surface area contributed by atoms with E-state index in [2.05, 4.69) is 16.0 Å².